The van der Waals surface area contributed by atoms with E-state index in [1.165, 1.54) is 12.1 Å². The number of carboxylic acids is 1. The maximum absolute atomic E-state index is 11.8. The van der Waals surface area contributed by atoms with Crippen LogP contribution in [-0.2, 0) is 11.2 Å². The predicted octanol–water partition coefficient (Wildman–Crippen LogP) is 2.12. The zero-order valence-corrected chi connectivity index (χ0v) is 10.7. The van der Waals surface area contributed by atoms with Gasteiger partial charge in [0.1, 0.15) is 11.8 Å². The first-order valence-electron chi connectivity index (χ1n) is 4.61. The molecule has 18 heavy (non-hydrogen) atoms. The third-order valence-corrected chi connectivity index (χ3v) is 1.93. The van der Waals surface area contributed by atoms with Gasteiger partial charge >= 0.3 is 12.3 Å². The van der Waals surface area contributed by atoms with Gasteiger partial charge in [0.05, 0.1) is 0 Å². The van der Waals surface area contributed by atoms with Crippen LogP contribution in [0.2, 0.25) is 0 Å². The first-order valence-corrected chi connectivity index (χ1v) is 4.61. The quantitative estimate of drug-likeness (QED) is 0.887. The smallest absolute Gasteiger partial charge is 0.480 e. The van der Waals surface area contributed by atoms with Crippen molar-refractivity contribution in [2.24, 2.45) is 5.73 Å². The van der Waals surface area contributed by atoms with Crippen LogP contribution in [0.1, 0.15) is 5.56 Å². The molecular weight excluding hydrogens is 319 g/mol. The highest BCUT2D eigenvalue weighted by Crippen LogP contribution is 2.22. The van der Waals surface area contributed by atoms with E-state index < -0.39 is 18.4 Å². The van der Waals surface area contributed by atoms with E-state index in [9.17, 15) is 18.0 Å². The number of nitrogens with two attached hydrogens (primary N) is 1. The van der Waals surface area contributed by atoms with E-state index >= 15 is 0 Å². The Labute approximate surface area is 111 Å². The highest BCUT2D eigenvalue weighted by atomic mass is 79.9. The minimum atomic E-state index is -4.74. The fraction of sp³-hybridized carbons (Fsp3) is 0.300. The van der Waals surface area contributed by atoms with Crippen molar-refractivity contribution < 1.29 is 27.8 Å². The highest BCUT2D eigenvalue weighted by Gasteiger charge is 2.30. The zero-order chi connectivity index (χ0) is 13.1. The second-order valence-electron chi connectivity index (χ2n) is 3.34. The molecule has 3 N–H and O–H groups in total. The van der Waals surface area contributed by atoms with Crippen molar-refractivity contribution in [1.29, 1.82) is 0 Å². The molecule has 102 valence electrons. The molecule has 1 unspecified atom stereocenters. The molecule has 0 aliphatic heterocycles. The number of alkyl halides is 3. The molecule has 0 saturated heterocycles. The Morgan fingerprint density at radius 3 is 2.22 bits per heavy atom. The molecule has 0 amide bonds. The summed E-state index contributed by atoms with van der Waals surface area (Å²) in [5.74, 6) is -1.52. The van der Waals surface area contributed by atoms with Gasteiger partial charge in [-0.15, -0.1) is 30.2 Å². The molecule has 4 nitrogen and oxygen atoms in total. The standard InChI is InChI=1S/C10H10F3NO3.BrH/c11-10(12,13)17-7-3-1-6(2-4-7)5-8(14)9(15)16;/h1-4,8H,5,14H2,(H,15,16);1H. The second-order valence-corrected chi connectivity index (χ2v) is 3.34. The Morgan fingerprint density at radius 2 is 1.83 bits per heavy atom. The van der Waals surface area contributed by atoms with Crippen molar-refractivity contribution in [1.82, 2.24) is 0 Å². The van der Waals surface area contributed by atoms with Crippen molar-refractivity contribution >= 4 is 23.0 Å². The molecule has 1 rings (SSSR count). The molecule has 0 saturated carbocycles. The maximum atomic E-state index is 11.8. The van der Waals surface area contributed by atoms with E-state index in [0.717, 1.165) is 12.1 Å². The minimum Gasteiger partial charge on any atom is -0.480 e. The number of halogens is 4. The van der Waals surface area contributed by atoms with Crippen LogP contribution in [0.3, 0.4) is 0 Å². The number of rotatable bonds is 4. The van der Waals surface area contributed by atoms with E-state index in [4.69, 9.17) is 10.8 Å². The first kappa shape index (κ1) is 16.7. The fourth-order valence-electron chi connectivity index (χ4n) is 1.17. The molecule has 0 spiro atoms. The first-order chi connectivity index (χ1) is 7.78. The number of carbonyl (C=O) groups is 1. The average molecular weight is 330 g/mol. The number of hydrogen-bond donors (Lipinski definition) is 2. The summed E-state index contributed by atoms with van der Waals surface area (Å²) in [7, 11) is 0. The summed E-state index contributed by atoms with van der Waals surface area (Å²) in [4.78, 5) is 10.5. The van der Waals surface area contributed by atoms with Gasteiger partial charge in [-0.2, -0.15) is 0 Å². The molecule has 0 aliphatic rings. The third-order valence-electron chi connectivity index (χ3n) is 1.93. The molecule has 0 fully saturated rings. The van der Waals surface area contributed by atoms with Gasteiger partial charge in [-0.3, -0.25) is 4.79 Å². The molecule has 8 heteroatoms. The summed E-state index contributed by atoms with van der Waals surface area (Å²) in [6.45, 7) is 0. The number of carboxylic acid groups (broad SMARTS) is 1. The largest absolute Gasteiger partial charge is 0.573 e. The summed E-state index contributed by atoms with van der Waals surface area (Å²) in [6.07, 6.45) is -4.69. The van der Waals surface area contributed by atoms with E-state index in [1.807, 2.05) is 0 Å². The van der Waals surface area contributed by atoms with Gasteiger partial charge in [-0.1, -0.05) is 12.1 Å². The van der Waals surface area contributed by atoms with E-state index in [0.29, 0.717) is 5.56 Å². The van der Waals surface area contributed by atoms with Gasteiger partial charge < -0.3 is 15.6 Å². The molecular formula is C10H11BrF3NO3. The molecule has 0 radical (unpaired) electrons. The van der Waals surface area contributed by atoms with Gasteiger partial charge in [-0.05, 0) is 24.1 Å². The van der Waals surface area contributed by atoms with Gasteiger partial charge in [-0.25, -0.2) is 0 Å². The van der Waals surface area contributed by atoms with Crippen LogP contribution in [-0.4, -0.2) is 23.5 Å². The van der Waals surface area contributed by atoms with E-state index in [-0.39, 0.29) is 29.2 Å². The summed E-state index contributed by atoms with van der Waals surface area (Å²) in [6, 6.07) is 3.81. The molecule has 1 atom stereocenters. The SMILES string of the molecule is Br.NC(Cc1ccc(OC(F)(F)F)cc1)C(=O)O. The van der Waals surface area contributed by atoms with Crippen LogP contribution < -0.4 is 10.5 Å². The monoisotopic (exact) mass is 329 g/mol. The van der Waals surface area contributed by atoms with Crippen LogP contribution in [0, 0.1) is 0 Å². The lowest BCUT2D eigenvalue weighted by Gasteiger charge is -2.10. The molecule has 0 aliphatic carbocycles. The Bertz CT molecular complexity index is 394. The Hall–Kier alpha value is -1.28. The van der Waals surface area contributed by atoms with Crippen molar-refractivity contribution in [3.05, 3.63) is 29.8 Å². The summed E-state index contributed by atoms with van der Waals surface area (Å²) < 4.78 is 39.2. The van der Waals surface area contributed by atoms with Crippen LogP contribution in [0.15, 0.2) is 24.3 Å². The van der Waals surface area contributed by atoms with Crippen molar-refractivity contribution in [3.63, 3.8) is 0 Å². The Kier molecular flexibility index (Phi) is 6.13. The van der Waals surface area contributed by atoms with Gasteiger partial charge in [0.15, 0.2) is 0 Å². The number of hydrogen-bond acceptors (Lipinski definition) is 3. The normalized spacial score (nSPS) is 12.4. The molecule has 1 aromatic carbocycles. The summed E-state index contributed by atoms with van der Waals surface area (Å²) >= 11 is 0. The maximum Gasteiger partial charge on any atom is 0.573 e. The summed E-state index contributed by atoms with van der Waals surface area (Å²) in [5, 5.41) is 8.55. The van der Waals surface area contributed by atoms with E-state index in [1.54, 1.807) is 0 Å². The lowest BCUT2D eigenvalue weighted by molar-refractivity contribution is -0.274. The third kappa shape index (κ3) is 5.87. The molecule has 0 bridgehead atoms. The average Bonchev–Trinajstić information content (AvgIpc) is 2.18. The van der Waals surface area contributed by atoms with Crippen LogP contribution in [0.4, 0.5) is 13.2 Å². The highest BCUT2D eigenvalue weighted by molar-refractivity contribution is 8.93. The van der Waals surface area contributed by atoms with Gasteiger partial charge in [0.2, 0.25) is 0 Å². The fourth-order valence-corrected chi connectivity index (χ4v) is 1.17. The minimum absolute atomic E-state index is 0. The van der Waals surface area contributed by atoms with Crippen LogP contribution in [0.25, 0.3) is 0 Å². The van der Waals surface area contributed by atoms with Gasteiger partial charge in [0.25, 0.3) is 0 Å². The molecule has 1 aromatic rings. The number of aliphatic carboxylic acids is 1. The molecule has 0 heterocycles. The topological polar surface area (TPSA) is 72.5 Å². The van der Waals surface area contributed by atoms with Crippen molar-refractivity contribution in [2.75, 3.05) is 0 Å². The van der Waals surface area contributed by atoms with E-state index in [2.05, 4.69) is 4.74 Å². The Morgan fingerprint density at radius 1 is 1.33 bits per heavy atom. The zero-order valence-electron chi connectivity index (χ0n) is 8.98. The lowest BCUT2D eigenvalue weighted by Crippen LogP contribution is -2.32. The number of ether oxygens (including phenoxy) is 1. The predicted molar refractivity (Wildman–Crippen MR) is 62.8 cm³/mol. The summed E-state index contributed by atoms with van der Waals surface area (Å²) in [5.41, 5.74) is 5.80. The molecule has 0 aromatic heterocycles. The van der Waals surface area contributed by atoms with Crippen LogP contribution in [0.5, 0.6) is 5.75 Å². The van der Waals surface area contributed by atoms with Crippen molar-refractivity contribution in [3.8, 4) is 5.75 Å². The number of benzene rings is 1. The Balaban J connectivity index is 0.00000289. The second kappa shape index (κ2) is 6.60. The lowest BCUT2D eigenvalue weighted by atomic mass is 10.1. The van der Waals surface area contributed by atoms with Gasteiger partial charge in [0, 0.05) is 0 Å². The van der Waals surface area contributed by atoms with Crippen molar-refractivity contribution in [2.45, 2.75) is 18.8 Å². The van der Waals surface area contributed by atoms with Crippen LogP contribution >= 0.6 is 17.0 Å².